The smallest absolute Gasteiger partial charge is 0.0958 e. The molecule has 110 valence electrons. The third kappa shape index (κ3) is 3.32. The topological polar surface area (TPSA) is 27.1 Å². The van der Waals surface area contributed by atoms with Crippen molar-refractivity contribution in [2.24, 2.45) is 0 Å². The van der Waals surface area contributed by atoms with Gasteiger partial charge >= 0.3 is 0 Å². The molecule has 1 heterocycles. The Balaban J connectivity index is 1.92. The average molecular weight is 290 g/mol. The van der Waals surface area contributed by atoms with Crippen molar-refractivity contribution < 1.29 is 4.74 Å². The molecule has 3 heteroatoms. The predicted octanol–water partition coefficient (Wildman–Crippen LogP) is 4.19. The Kier molecular flexibility index (Phi) is 4.47. The first-order chi connectivity index (χ1) is 10.9. The molecule has 0 amide bonds. The molecule has 0 saturated carbocycles. The maximum atomic E-state index is 5.26. The number of hydrogen-bond acceptors (Lipinski definition) is 2. The highest BCUT2D eigenvalue weighted by Crippen LogP contribution is 2.16. The van der Waals surface area contributed by atoms with Crippen LogP contribution in [0.1, 0.15) is 16.8 Å². The zero-order valence-electron chi connectivity index (χ0n) is 12.5. The Morgan fingerprint density at radius 2 is 1.64 bits per heavy atom. The highest BCUT2D eigenvalue weighted by Gasteiger charge is 2.07. The van der Waals surface area contributed by atoms with Crippen LogP contribution in [0.15, 0.2) is 66.9 Å². The van der Waals surface area contributed by atoms with E-state index < -0.39 is 0 Å². The van der Waals surface area contributed by atoms with E-state index in [1.54, 1.807) is 7.11 Å². The first kappa shape index (κ1) is 14.3. The van der Waals surface area contributed by atoms with Gasteiger partial charge in [-0.15, -0.1) is 0 Å². The van der Waals surface area contributed by atoms with Crippen molar-refractivity contribution in [1.29, 1.82) is 0 Å². The fourth-order valence-electron chi connectivity index (χ4n) is 2.27. The lowest BCUT2D eigenvalue weighted by atomic mass is 10.1. The molecule has 0 fully saturated rings. The first-order valence-electron chi connectivity index (χ1n) is 7.23. The highest BCUT2D eigenvalue weighted by molar-refractivity contribution is 5.70. The van der Waals surface area contributed by atoms with Crippen molar-refractivity contribution in [3.63, 3.8) is 0 Å². The maximum Gasteiger partial charge on any atom is 0.0958 e. The second kappa shape index (κ2) is 6.87. The van der Waals surface area contributed by atoms with Crippen LogP contribution < -0.4 is 0 Å². The van der Waals surface area contributed by atoms with Crippen LogP contribution in [0, 0.1) is 0 Å². The molecule has 0 aliphatic carbocycles. The Morgan fingerprint density at radius 1 is 0.955 bits per heavy atom. The van der Waals surface area contributed by atoms with Gasteiger partial charge in [0.25, 0.3) is 0 Å². The molecular formula is C19H18N2O. The quantitative estimate of drug-likeness (QED) is 0.704. The molecule has 0 atom stereocenters. The highest BCUT2D eigenvalue weighted by atomic mass is 16.5. The summed E-state index contributed by atoms with van der Waals surface area (Å²) in [7, 11) is 1.69. The van der Waals surface area contributed by atoms with E-state index in [2.05, 4.69) is 29.4 Å². The summed E-state index contributed by atoms with van der Waals surface area (Å²) in [6.07, 6.45) is 6.20. The maximum absolute atomic E-state index is 5.26. The fourth-order valence-corrected chi connectivity index (χ4v) is 2.27. The van der Waals surface area contributed by atoms with E-state index in [4.69, 9.17) is 4.74 Å². The summed E-state index contributed by atoms with van der Waals surface area (Å²) in [6.45, 7) is 0.494. The standard InChI is InChI=1S/C19H18N2O/c1-22-15-19-17(13-12-16-8-4-2-5-9-16)14-21(20-19)18-10-6-3-7-11-18/h2-14H,15H2,1H3. The van der Waals surface area contributed by atoms with Gasteiger partial charge in [-0.2, -0.15) is 5.10 Å². The molecule has 0 bridgehead atoms. The molecule has 22 heavy (non-hydrogen) atoms. The number of aromatic nitrogens is 2. The van der Waals surface area contributed by atoms with Gasteiger partial charge in [-0.25, -0.2) is 4.68 Å². The minimum atomic E-state index is 0.494. The van der Waals surface area contributed by atoms with Crippen molar-refractivity contribution >= 4 is 12.2 Å². The second-order valence-electron chi connectivity index (χ2n) is 4.99. The van der Waals surface area contributed by atoms with Crippen molar-refractivity contribution in [1.82, 2.24) is 9.78 Å². The van der Waals surface area contributed by atoms with Crippen molar-refractivity contribution in [3.05, 3.63) is 83.7 Å². The Labute approximate surface area is 130 Å². The lowest BCUT2D eigenvalue weighted by Crippen LogP contribution is -1.96. The number of benzene rings is 2. The molecule has 0 unspecified atom stereocenters. The van der Waals surface area contributed by atoms with Crippen LogP contribution >= 0.6 is 0 Å². The van der Waals surface area contributed by atoms with Gasteiger partial charge in [0.15, 0.2) is 0 Å². The largest absolute Gasteiger partial charge is 0.378 e. The van der Waals surface area contributed by atoms with Gasteiger partial charge in [0.05, 0.1) is 18.0 Å². The van der Waals surface area contributed by atoms with Crippen LogP contribution in [0.3, 0.4) is 0 Å². The summed E-state index contributed by atoms with van der Waals surface area (Å²) in [5.74, 6) is 0. The lowest BCUT2D eigenvalue weighted by Gasteiger charge is -1.99. The molecule has 3 nitrogen and oxygen atoms in total. The predicted molar refractivity (Wildman–Crippen MR) is 89.6 cm³/mol. The molecule has 0 spiro atoms. The number of nitrogens with zero attached hydrogens (tertiary/aromatic N) is 2. The molecule has 0 saturated heterocycles. The zero-order chi connectivity index (χ0) is 15.2. The minimum Gasteiger partial charge on any atom is -0.378 e. The van der Waals surface area contributed by atoms with Gasteiger partial charge in [0.2, 0.25) is 0 Å². The molecule has 3 rings (SSSR count). The van der Waals surface area contributed by atoms with E-state index in [0.717, 1.165) is 16.9 Å². The summed E-state index contributed by atoms with van der Waals surface area (Å²) in [6, 6.07) is 20.3. The molecule has 2 aromatic carbocycles. The first-order valence-corrected chi connectivity index (χ1v) is 7.23. The second-order valence-corrected chi connectivity index (χ2v) is 4.99. The van der Waals surface area contributed by atoms with Crippen LogP contribution in [0.5, 0.6) is 0 Å². The third-order valence-electron chi connectivity index (χ3n) is 3.38. The Morgan fingerprint density at radius 3 is 2.32 bits per heavy atom. The van der Waals surface area contributed by atoms with E-state index in [1.807, 2.05) is 59.4 Å². The summed E-state index contributed by atoms with van der Waals surface area (Å²) in [5.41, 5.74) is 4.20. The molecule has 1 aromatic heterocycles. The van der Waals surface area contributed by atoms with E-state index in [-0.39, 0.29) is 0 Å². The van der Waals surface area contributed by atoms with Gasteiger partial charge in [-0.3, -0.25) is 0 Å². The molecule has 0 aliphatic heterocycles. The minimum absolute atomic E-state index is 0.494. The van der Waals surface area contributed by atoms with Crippen LogP contribution in [0.4, 0.5) is 0 Å². The van der Waals surface area contributed by atoms with Gasteiger partial charge in [-0.1, -0.05) is 60.7 Å². The molecule has 0 aliphatic rings. The number of para-hydroxylation sites is 1. The average Bonchev–Trinajstić information content (AvgIpc) is 2.98. The number of hydrogen-bond donors (Lipinski definition) is 0. The van der Waals surface area contributed by atoms with E-state index in [1.165, 1.54) is 5.56 Å². The fraction of sp³-hybridized carbons (Fsp3) is 0.105. The normalized spacial score (nSPS) is 11.1. The molecule has 0 N–H and O–H groups in total. The summed E-state index contributed by atoms with van der Waals surface area (Å²) in [5, 5.41) is 4.62. The van der Waals surface area contributed by atoms with Crippen molar-refractivity contribution in [3.8, 4) is 5.69 Å². The Bertz CT molecular complexity index is 746. The van der Waals surface area contributed by atoms with E-state index in [9.17, 15) is 0 Å². The summed E-state index contributed by atoms with van der Waals surface area (Å²) < 4.78 is 7.15. The van der Waals surface area contributed by atoms with E-state index >= 15 is 0 Å². The SMILES string of the molecule is COCc1nn(-c2ccccc2)cc1C=Cc1ccccc1. The molecular weight excluding hydrogens is 272 g/mol. The van der Waals surface area contributed by atoms with Crippen molar-refractivity contribution in [2.45, 2.75) is 6.61 Å². The van der Waals surface area contributed by atoms with Gasteiger partial charge < -0.3 is 4.74 Å². The van der Waals surface area contributed by atoms with Crippen LogP contribution in [0.25, 0.3) is 17.8 Å². The van der Waals surface area contributed by atoms with Crippen LogP contribution in [0.2, 0.25) is 0 Å². The van der Waals surface area contributed by atoms with E-state index in [0.29, 0.717) is 6.61 Å². The number of methoxy groups -OCH3 is 1. The Hall–Kier alpha value is -2.65. The monoisotopic (exact) mass is 290 g/mol. The van der Waals surface area contributed by atoms with Crippen molar-refractivity contribution in [2.75, 3.05) is 7.11 Å². The molecule has 0 radical (unpaired) electrons. The van der Waals surface area contributed by atoms with Gasteiger partial charge in [-0.05, 0) is 17.7 Å². The number of rotatable bonds is 5. The number of ether oxygens (including phenoxy) is 1. The third-order valence-corrected chi connectivity index (χ3v) is 3.38. The zero-order valence-corrected chi connectivity index (χ0v) is 12.5. The van der Waals surface area contributed by atoms with Crippen LogP contribution in [-0.2, 0) is 11.3 Å². The van der Waals surface area contributed by atoms with Gasteiger partial charge in [0, 0.05) is 18.9 Å². The lowest BCUT2D eigenvalue weighted by molar-refractivity contribution is 0.181. The van der Waals surface area contributed by atoms with Crippen LogP contribution in [-0.4, -0.2) is 16.9 Å². The summed E-state index contributed by atoms with van der Waals surface area (Å²) in [4.78, 5) is 0. The molecule has 3 aromatic rings. The summed E-state index contributed by atoms with van der Waals surface area (Å²) >= 11 is 0. The van der Waals surface area contributed by atoms with Gasteiger partial charge in [0.1, 0.15) is 0 Å².